The maximum atomic E-state index is 7.10. The molecule has 2 aromatic heterocycles. The summed E-state index contributed by atoms with van der Waals surface area (Å²) >= 11 is 0. The number of hydrogen-bond donors (Lipinski definition) is 0. The molecule has 0 spiro atoms. The van der Waals surface area contributed by atoms with Gasteiger partial charge in [-0.05, 0) is 127 Å². The van der Waals surface area contributed by atoms with Crippen LogP contribution < -0.4 is 9.80 Å². The van der Waals surface area contributed by atoms with Crippen LogP contribution in [0.3, 0.4) is 0 Å². The molecule has 0 aliphatic heterocycles. The number of aryl methyl sites for hydroxylation is 1. The van der Waals surface area contributed by atoms with E-state index in [1.54, 1.807) is 0 Å². The molecule has 2 aliphatic carbocycles. The Balaban J connectivity index is 1.01. The van der Waals surface area contributed by atoms with Gasteiger partial charge >= 0.3 is 0 Å². The van der Waals surface area contributed by atoms with E-state index in [4.69, 9.17) is 8.83 Å². The van der Waals surface area contributed by atoms with Crippen LogP contribution in [0.1, 0.15) is 130 Å². The number of nitrogens with zero attached hydrogens (tertiary/aromatic N) is 2. The van der Waals surface area contributed by atoms with E-state index < -0.39 is 0 Å². The Morgan fingerprint density at radius 3 is 1.69 bits per heavy atom. The predicted molar refractivity (Wildman–Crippen MR) is 250 cm³/mol. The third-order valence-electron chi connectivity index (χ3n) is 14.2. The number of furan rings is 2. The molecule has 0 amide bonds. The number of rotatable bonds is 9. The predicted octanol–water partition coefficient (Wildman–Crippen LogP) is 16.2. The second kappa shape index (κ2) is 15.6. The third-order valence-corrected chi connectivity index (χ3v) is 14.2. The smallest absolute Gasteiger partial charge is 0.159 e. The lowest BCUT2D eigenvalue weighted by molar-refractivity contribution is 0.396. The molecule has 10 rings (SSSR count). The molecule has 4 heteroatoms. The van der Waals surface area contributed by atoms with E-state index in [0.717, 1.165) is 60.1 Å². The maximum Gasteiger partial charge on any atom is 0.159 e. The van der Waals surface area contributed by atoms with E-state index >= 15 is 0 Å². The first-order chi connectivity index (χ1) is 28.9. The van der Waals surface area contributed by atoms with Crippen LogP contribution in [-0.2, 0) is 6.42 Å². The number of fused-ring (bicyclic) bond motifs is 6. The fourth-order valence-electron chi connectivity index (χ4n) is 11.0. The Hall–Kier alpha value is -5.48. The second-order valence-corrected chi connectivity index (χ2v) is 17.9. The quantitative estimate of drug-likeness (QED) is 0.146. The summed E-state index contributed by atoms with van der Waals surface area (Å²) in [4.78, 5) is 4.71. The Morgan fingerprint density at radius 2 is 1.02 bits per heavy atom. The average molecular weight is 779 g/mol. The van der Waals surface area contributed by atoms with E-state index in [1.165, 1.54) is 98.5 Å². The summed E-state index contributed by atoms with van der Waals surface area (Å²) in [6.45, 7) is 6.82. The van der Waals surface area contributed by atoms with Gasteiger partial charge in [0, 0.05) is 47.0 Å². The van der Waals surface area contributed by atoms with Crippen LogP contribution in [0, 0.1) is 0 Å². The van der Waals surface area contributed by atoms with E-state index in [2.05, 4.69) is 160 Å². The van der Waals surface area contributed by atoms with Crippen molar-refractivity contribution in [3.8, 4) is 0 Å². The van der Waals surface area contributed by atoms with Crippen LogP contribution in [0.2, 0.25) is 0 Å². The Morgan fingerprint density at radius 1 is 0.492 bits per heavy atom. The third kappa shape index (κ3) is 6.60. The van der Waals surface area contributed by atoms with Crippen molar-refractivity contribution in [2.75, 3.05) is 23.9 Å². The van der Waals surface area contributed by atoms with Crippen LogP contribution in [-0.4, -0.2) is 14.1 Å². The van der Waals surface area contributed by atoms with Crippen molar-refractivity contribution in [1.29, 1.82) is 0 Å². The number of hydrogen-bond acceptors (Lipinski definition) is 4. The normalized spacial score (nSPS) is 17.8. The topological polar surface area (TPSA) is 32.8 Å². The van der Waals surface area contributed by atoms with Gasteiger partial charge in [-0.25, -0.2) is 0 Å². The van der Waals surface area contributed by atoms with Gasteiger partial charge in [0.25, 0.3) is 0 Å². The van der Waals surface area contributed by atoms with E-state index in [1.807, 2.05) is 0 Å². The summed E-state index contributed by atoms with van der Waals surface area (Å²) in [5, 5.41) is 4.94. The molecule has 4 nitrogen and oxygen atoms in total. The number of anilines is 4. The SMILES string of the molecule is CCc1ccccc1N(C)c1cccc2c1oc1c(C3CCC(c4cc(N(C)c5ccccc5C(C)C)c5oc6c(C7CCCCC7)cccc6c5c4)CC3)cccc12. The molecule has 2 heterocycles. The van der Waals surface area contributed by atoms with Gasteiger partial charge in [0.1, 0.15) is 11.2 Å². The molecule has 0 saturated heterocycles. The van der Waals surface area contributed by atoms with Crippen molar-refractivity contribution in [3.05, 3.63) is 143 Å². The molecule has 8 aromatic rings. The average Bonchev–Trinajstić information content (AvgIpc) is 3.87. The molecular weight excluding hydrogens is 721 g/mol. The van der Waals surface area contributed by atoms with Gasteiger partial charge in [-0.1, -0.05) is 125 Å². The summed E-state index contributed by atoms with van der Waals surface area (Å²) in [7, 11) is 4.41. The minimum Gasteiger partial charge on any atom is -0.454 e. The van der Waals surface area contributed by atoms with Gasteiger partial charge in [-0.3, -0.25) is 0 Å². The van der Waals surface area contributed by atoms with Crippen LogP contribution in [0.5, 0.6) is 0 Å². The molecule has 0 radical (unpaired) electrons. The van der Waals surface area contributed by atoms with E-state index in [0.29, 0.717) is 23.7 Å². The van der Waals surface area contributed by atoms with Crippen molar-refractivity contribution in [1.82, 2.24) is 0 Å². The van der Waals surface area contributed by atoms with Crippen molar-refractivity contribution in [2.45, 2.75) is 109 Å². The molecule has 6 aromatic carbocycles. The summed E-state index contributed by atoms with van der Waals surface area (Å²) in [5.41, 5.74) is 15.8. The van der Waals surface area contributed by atoms with Crippen LogP contribution in [0.25, 0.3) is 43.9 Å². The zero-order valence-electron chi connectivity index (χ0n) is 35.6. The largest absolute Gasteiger partial charge is 0.454 e. The van der Waals surface area contributed by atoms with E-state index in [9.17, 15) is 0 Å². The van der Waals surface area contributed by atoms with Gasteiger partial charge < -0.3 is 18.6 Å². The van der Waals surface area contributed by atoms with Gasteiger partial charge in [0.15, 0.2) is 11.2 Å². The molecule has 2 fully saturated rings. The summed E-state index contributed by atoms with van der Waals surface area (Å²) in [6, 6.07) is 43.0. The lowest BCUT2D eigenvalue weighted by Gasteiger charge is -2.30. The van der Waals surface area contributed by atoms with Gasteiger partial charge in [0.05, 0.1) is 11.4 Å². The summed E-state index contributed by atoms with van der Waals surface area (Å²) in [6.07, 6.45) is 12.0. The molecule has 0 bridgehead atoms. The first-order valence-corrected chi connectivity index (χ1v) is 22.5. The van der Waals surface area contributed by atoms with Gasteiger partial charge in [0.2, 0.25) is 0 Å². The molecule has 2 saturated carbocycles. The summed E-state index contributed by atoms with van der Waals surface area (Å²) in [5.74, 6) is 1.92. The number of para-hydroxylation sites is 5. The highest BCUT2D eigenvalue weighted by molar-refractivity contribution is 6.11. The number of benzene rings is 6. The summed E-state index contributed by atoms with van der Waals surface area (Å²) < 4.78 is 14.1. The molecule has 0 N–H and O–H groups in total. The highest BCUT2D eigenvalue weighted by Gasteiger charge is 2.30. The lowest BCUT2D eigenvalue weighted by Crippen LogP contribution is -2.15. The van der Waals surface area contributed by atoms with Crippen LogP contribution in [0.15, 0.2) is 124 Å². The lowest BCUT2D eigenvalue weighted by atomic mass is 9.75. The first-order valence-electron chi connectivity index (χ1n) is 22.5. The monoisotopic (exact) mass is 778 g/mol. The highest BCUT2D eigenvalue weighted by atomic mass is 16.3. The molecule has 0 unspecified atom stereocenters. The minimum atomic E-state index is 0.415. The van der Waals surface area contributed by atoms with Crippen LogP contribution >= 0.6 is 0 Å². The van der Waals surface area contributed by atoms with Crippen molar-refractivity contribution < 1.29 is 8.83 Å². The van der Waals surface area contributed by atoms with Crippen LogP contribution in [0.4, 0.5) is 22.7 Å². The van der Waals surface area contributed by atoms with Crippen molar-refractivity contribution >= 4 is 66.6 Å². The molecule has 2 aliphatic rings. The second-order valence-electron chi connectivity index (χ2n) is 17.9. The zero-order chi connectivity index (χ0) is 40.2. The van der Waals surface area contributed by atoms with Gasteiger partial charge in [-0.15, -0.1) is 0 Å². The minimum absolute atomic E-state index is 0.415. The highest BCUT2D eigenvalue weighted by Crippen LogP contribution is 2.49. The first kappa shape index (κ1) is 37.8. The Bertz CT molecular complexity index is 2790. The van der Waals surface area contributed by atoms with Gasteiger partial charge in [-0.2, -0.15) is 0 Å². The fraction of sp³-hybridized carbons (Fsp3) is 0.345. The standard InChI is InChI=1S/C55H58N2O2/c1-6-36-17-10-12-26-48(36)56(4)50-28-16-25-45-44-23-14-22-43(52(44)58-54(45)50)39-31-29-37(30-32-39)40-33-47-46-24-15-21-42(38-18-8-7-9-19-38)53(46)59-55(47)51(34-40)57(5)49-27-13-11-20-41(49)35(2)3/h10-17,20-28,33-35,37-39H,6-9,18-19,29-32H2,1-5H3. The fourth-order valence-corrected chi connectivity index (χ4v) is 11.0. The molecular formula is C55H58N2O2. The van der Waals surface area contributed by atoms with Crippen molar-refractivity contribution in [2.24, 2.45) is 0 Å². The molecule has 0 atom stereocenters. The molecule has 300 valence electrons. The Kier molecular flexibility index (Phi) is 9.99. The molecule has 59 heavy (non-hydrogen) atoms. The van der Waals surface area contributed by atoms with E-state index in [-0.39, 0.29) is 0 Å². The Labute approximate surface area is 349 Å². The zero-order valence-corrected chi connectivity index (χ0v) is 35.6. The maximum absolute atomic E-state index is 7.10. The van der Waals surface area contributed by atoms with Crippen molar-refractivity contribution in [3.63, 3.8) is 0 Å².